The third-order valence-electron chi connectivity index (χ3n) is 5.82. The number of carbonyl (C=O) groups is 2. The van der Waals surface area contributed by atoms with Gasteiger partial charge in [0.15, 0.2) is 0 Å². The zero-order valence-corrected chi connectivity index (χ0v) is 18.2. The maximum atomic E-state index is 13.8. The molecule has 0 aliphatic carbocycles. The highest BCUT2D eigenvalue weighted by Gasteiger charge is 2.43. The van der Waals surface area contributed by atoms with Gasteiger partial charge in [-0.25, -0.2) is 9.18 Å². The van der Waals surface area contributed by atoms with Crippen molar-refractivity contribution in [2.24, 2.45) is 0 Å². The van der Waals surface area contributed by atoms with E-state index in [1.807, 2.05) is 36.4 Å². The maximum Gasteiger partial charge on any atom is 0.336 e. The molecule has 0 saturated carbocycles. The van der Waals surface area contributed by atoms with Crippen LogP contribution in [0.5, 0.6) is 5.75 Å². The van der Waals surface area contributed by atoms with Gasteiger partial charge in [-0.2, -0.15) is 0 Å². The fourth-order valence-corrected chi connectivity index (χ4v) is 4.42. The van der Waals surface area contributed by atoms with E-state index in [-0.39, 0.29) is 18.9 Å². The molecule has 1 unspecified atom stereocenters. The van der Waals surface area contributed by atoms with Gasteiger partial charge in [-0.1, -0.05) is 48.0 Å². The van der Waals surface area contributed by atoms with Gasteiger partial charge in [0.2, 0.25) is 5.91 Å². The molecule has 2 heterocycles. The lowest BCUT2D eigenvalue weighted by Crippen LogP contribution is -2.37. The number of benzene rings is 3. The minimum absolute atomic E-state index is 0.0219. The summed E-state index contributed by atoms with van der Waals surface area (Å²) in [7, 11) is 0. The van der Waals surface area contributed by atoms with Gasteiger partial charge in [0, 0.05) is 22.9 Å². The van der Waals surface area contributed by atoms with Crippen LogP contribution in [0, 0.1) is 5.82 Å². The molecule has 33 heavy (non-hydrogen) atoms. The lowest BCUT2D eigenvalue weighted by molar-refractivity contribution is -0.136. The summed E-state index contributed by atoms with van der Waals surface area (Å²) in [5.74, 6) is -0.929. The lowest BCUT2D eigenvalue weighted by atomic mass is 9.84. The summed E-state index contributed by atoms with van der Waals surface area (Å²) in [6, 6.07) is 20.5. The standard InChI is InChI=1S/C26H19ClFNO4/c27-22-7-2-1-4-17(22)14-32-20-10-8-16(9-11-20)21-13-24(30)29(19-6-3-5-18(28)12-19)23-15-33-26(31)25(21)23/h1-12,21H,13-15H2. The Morgan fingerprint density at radius 1 is 1.03 bits per heavy atom. The molecule has 0 fully saturated rings. The number of hydrogen-bond acceptors (Lipinski definition) is 4. The highest BCUT2D eigenvalue weighted by Crippen LogP contribution is 2.42. The number of esters is 1. The highest BCUT2D eigenvalue weighted by atomic mass is 35.5. The molecule has 0 N–H and O–H groups in total. The summed E-state index contributed by atoms with van der Waals surface area (Å²) in [5.41, 5.74) is 2.96. The van der Waals surface area contributed by atoms with Gasteiger partial charge in [0.25, 0.3) is 0 Å². The summed E-state index contributed by atoms with van der Waals surface area (Å²) >= 11 is 6.18. The van der Waals surface area contributed by atoms with E-state index >= 15 is 0 Å². The van der Waals surface area contributed by atoms with Gasteiger partial charge < -0.3 is 9.47 Å². The largest absolute Gasteiger partial charge is 0.489 e. The number of cyclic esters (lactones) is 1. The van der Waals surface area contributed by atoms with Gasteiger partial charge in [-0.05, 0) is 42.0 Å². The second-order valence-corrected chi connectivity index (χ2v) is 8.26. The smallest absolute Gasteiger partial charge is 0.336 e. The van der Waals surface area contributed by atoms with E-state index in [1.54, 1.807) is 18.2 Å². The molecule has 1 atom stereocenters. The Kier molecular flexibility index (Phi) is 5.60. The Hall–Kier alpha value is -3.64. The first-order chi connectivity index (χ1) is 16.0. The molecule has 0 aromatic heterocycles. The summed E-state index contributed by atoms with van der Waals surface area (Å²) in [4.78, 5) is 27.0. The van der Waals surface area contributed by atoms with Gasteiger partial charge >= 0.3 is 5.97 Å². The van der Waals surface area contributed by atoms with Crippen LogP contribution in [0.4, 0.5) is 10.1 Å². The molecule has 0 saturated heterocycles. The van der Waals surface area contributed by atoms with Gasteiger partial charge in [0.05, 0.1) is 17.0 Å². The molecule has 0 spiro atoms. The average Bonchev–Trinajstić information content (AvgIpc) is 3.19. The zero-order chi connectivity index (χ0) is 22.9. The molecule has 2 aliphatic heterocycles. The number of hydrogen-bond donors (Lipinski definition) is 0. The second-order valence-electron chi connectivity index (χ2n) is 7.85. The molecular formula is C26H19ClFNO4. The number of nitrogens with zero attached hydrogens (tertiary/aromatic N) is 1. The molecule has 0 bridgehead atoms. The first-order valence-corrected chi connectivity index (χ1v) is 10.8. The molecule has 5 rings (SSSR count). The molecule has 0 radical (unpaired) electrons. The summed E-state index contributed by atoms with van der Waals surface area (Å²) in [6.07, 6.45) is 0.0737. The Morgan fingerprint density at radius 2 is 1.82 bits per heavy atom. The monoisotopic (exact) mass is 463 g/mol. The topological polar surface area (TPSA) is 55.8 Å². The van der Waals surface area contributed by atoms with Crippen molar-refractivity contribution in [2.75, 3.05) is 11.5 Å². The lowest BCUT2D eigenvalue weighted by Gasteiger charge is -2.31. The fraction of sp³-hybridized carbons (Fsp3) is 0.154. The molecule has 5 nitrogen and oxygen atoms in total. The predicted octanol–water partition coefficient (Wildman–Crippen LogP) is 5.39. The van der Waals surface area contributed by atoms with E-state index in [9.17, 15) is 14.0 Å². The quantitative estimate of drug-likeness (QED) is 0.476. The van der Waals surface area contributed by atoms with Crippen LogP contribution < -0.4 is 9.64 Å². The van der Waals surface area contributed by atoms with Crippen LogP contribution in [-0.2, 0) is 20.9 Å². The number of rotatable bonds is 5. The van der Waals surface area contributed by atoms with E-state index in [4.69, 9.17) is 21.1 Å². The third-order valence-corrected chi connectivity index (χ3v) is 6.19. The van der Waals surface area contributed by atoms with E-state index in [0.29, 0.717) is 34.3 Å². The Labute approximate surface area is 195 Å². The number of ether oxygens (including phenoxy) is 2. The number of anilines is 1. The Balaban J connectivity index is 1.41. The van der Waals surface area contributed by atoms with Crippen molar-refractivity contribution >= 4 is 29.2 Å². The number of halogens is 2. The molecule has 3 aromatic carbocycles. The van der Waals surface area contributed by atoms with Crippen LogP contribution in [-0.4, -0.2) is 18.5 Å². The third kappa shape index (κ3) is 4.10. The minimum Gasteiger partial charge on any atom is -0.489 e. The first-order valence-electron chi connectivity index (χ1n) is 10.5. The van der Waals surface area contributed by atoms with Gasteiger partial charge in [-0.3, -0.25) is 9.69 Å². The summed E-state index contributed by atoms with van der Waals surface area (Å²) in [5, 5.41) is 0.636. The molecule has 166 valence electrons. The second kappa shape index (κ2) is 8.71. The SMILES string of the molecule is O=C1OCC2=C1C(c1ccc(OCc3ccccc3Cl)cc1)CC(=O)N2c1cccc(F)c1. The van der Waals surface area contributed by atoms with Crippen molar-refractivity contribution in [3.8, 4) is 5.75 Å². The normalized spacial score (nSPS) is 17.8. The van der Waals surface area contributed by atoms with Crippen LogP contribution in [0.15, 0.2) is 84.1 Å². The van der Waals surface area contributed by atoms with E-state index < -0.39 is 17.7 Å². The number of amides is 1. The zero-order valence-electron chi connectivity index (χ0n) is 17.5. The maximum absolute atomic E-state index is 13.8. The first kappa shape index (κ1) is 21.2. The summed E-state index contributed by atoms with van der Waals surface area (Å²) in [6.45, 7) is 0.303. The molecule has 3 aromatic rings. The van der Waals surface area contributed by atoms with Crippen molar-refractivity contribution in [2.45, 2.75) is 18.9 Å². The van der Waals surface area contributed by atoms with Crippen LogP contribution >= 0.6 is 11.6 Å². The van der Waals surface area contributed by atoms with E-state index in [0.717, 1.165) is 11.1 Å². The van der Waals surface area contributed by atoms with Crippen LogP contribution in [0.2, 0.25) is 5.02 Å². The van der Waals surface area contributed by atoms with E-state index in [1.165, 1.54) is 23.1 Å². The predicted molar refractivity (Wildman–Crippen MR) is 121 cm³/mol. The van der Waals surface area contributed by atoms with Gasteiger partial charge in [-0.15, -0.1) is 0 Å². The van der Waals surface area contributed by atoms with E-state index in [2.05, 4.69) is 0 Å². The fourth-order valence-electron chi connectivity index (χ4n) is 4.23. The van der Waals surface area contributed by atoms with Crippen LogP contribution in [0.1, 0.15) is 23.5 Å². The van der Waals surface area contributed by atoms with Crippen molar-refractivity contribution in [1.82, 2.24) is 0 Å². The Morgan fingerprint density at radius 3 is 2.58 bits per heavy atom. The molecular weight excluding hydrogens is 445 g/mol. The van der Waals surface area contributed by atoms with Crippen molar-refractivity contribution < 1.29 is 23.5 Å². The van der Waals surface area contributed by atoms with Crippen LogP contribution in [0.25, 0.3) is 0 Å². The highest BCUT2D eigenvalue weighted by molar-refractivity contribution is 6.31. The van der Waals surface area contributed by atoms with Crippen molar-refractivity contribution in [3.05, 3.63) is 106 Å². The minimum atomic E-state index is -0.456. The Bertz CT molecular complexity index is 1270. The molecule has 2 aliphatic rings. The van der Waals surface area contributed by atoms with Crippen molar-refractivity contribution in [1.29, 1.82) is 0 Å². The molecule has 7 heteroatoms. The number of carbonyl (C=O) groups excluding carboxylic acids is 2. The van der Waals surface area contributed by atoms with Crippen molar-refractivity contribution in [3.63, 3.8) is 0 Å². The summed E-state index contributed by atoms with van der Waals surface area (Å²) < 4.78 is 24.9. The molecule has 1 amide bonds. The average molecular weight is 464 g/mol. The van der Waals surface area contributed by atoms with Gasteiger partial charge in [0.1, 0.15) is 24.8 Å². The van der Waals surface area contributed by atoms with Crippen LogP contribution in [0.3, 0.4) is 0 Å².